The zero-order valence-corrected chi connectivity index (χ0v) is 14.2. The Hall–Kier alpha value is -3.09. The van der Waals surface area contributed by atoms with Gasteiger partial charge < -0.3 is 21.1 Å². The normalized spacial score (nSPS) is 13.7. The summed E-state index contributed by atoms with van der Waals surface area (Å²) in [5, 5.41) is 9.06. The molecule has 0 radical (unpaired) electrons. The van der Waals surface area contributed by atoms with Gasteiger partial charge in [-0.15, -0.1) is 0 Å². The lowest BCUT2D eigenvalue weighted by atomic mass is 9.89. The van der Waals surface area contributed by atoms with Crippen LogP contribution in [0.3, 0.4) is 0 Å². The van der Waals surface area contributed by atoms with Gasteiger partial charge in [0, 0.05) is 18.2 Å². The van der Waals surface area contributed by atoms with E-state index in [1.807, 2.05) is 24.4 Å². The molecule has 7 nitrogen and oxygen atoms in total. The van der Waals surface area contributed by atoms with Crippen LogP contribution in [0.2, 0.25) is 0 Å². The summed E-state index contributed by atoms with van der Waals surface area (Å²) < 4.78 is 2.06. The summed E-state index contributed by atoms with van der Waals surface area (Å²) in [7, 11) is 0. The minimum absolute atomic E-state index is 0.0905. The highest BCUT2D eigenvalue weighted by Gasteiger charge is 2.22. The Balaban J connectivity index is 2.00. The molecule has 2 aromatic heterocycles. The molecule has 1 aromatic carbocycles. The van der Waals surface area contributed by atoms with Crippen molar-refractivity contribution in [3.05, 3.63) is 47.7 Å². The number of aromatic carboxylic acids is 1. The lowest BCUT2D eigenvalue weighted by Crippen LogP contribution is -2.15. The summed E-state index contributed by atoms with van der Waals surface area (Å²) >= 11 is 0. The van der Waals surface area contributed by atoms with Gasteiger partial charge in [-0.05, 0) is 37.1 Å². The van der Waals surface area contributed by atoms with E-state index in [4.69, 9.17) is 16.6 Å². The first-order valence-electron chi connectivity index (χ1n) is 8.15. The number of rotatable bonds is 5. The van der Waals surface area contributed by atoms with Crippen LogP contribution in [-0.2, 0) is 0 Å². The Labute approximate surface area is 145 Å². The largest absolute Gasteiger partial charge is 0.478 e. The quantitative estimate of drug-likeness (QED) is 0.657. The van der Waals surface area contributed by atoms with Gasteiger partial charge in [0.05, 0.1) is 11.1 Å². The highest BCUT2D eigenvalue weighted by Crippen LogP contribution is 2.35. The van der Waals surface area contributed by atoms with E-state index < -0.39 is 5.97 Å². The third-order valence-corrected chi connectivity index (χ3v) is 4.65. The maximum absolute atomic E-state index is 11.0. The first-order valence-corrected chi connectivity index (χ1v) is 8.15. The minimum Gasteiger partial charge on any atom is -0.478 e. The van der Waals surface area contributed by atoms with Crippen molar-refractivity contribution < 1.29 is 9.90 Å². The number of anilines is 2. The first-order chi connectivity index (χ1) is 11.9. The van der Waals surface area contributed by atoms with Gasteiger partial charge in [-0.25, -0.2) is 9.78 Å². The minimum atomic E-state index is -0.924. The number of benzene rings is 1. The second kappa shape index (κ2) is 6.43. The van der Waals surface area contributed by atoms with E-state index in [9.17, 15) is 4.79 Å². The van der Waals surface area contributed by atoms with Gasteiger partial charge in [-0.2, -0.15) is 4.98 Å². The molecule has 25 heavy (non-hydrogen) atoms. The zero-order chi connectivity index (χ0) is 18.1. The number of carbonyl (C=O) groups is 1. The van der Waals surface area contributed by atoms with Crippen LogP contribution in [0.5, 0.6) is 0 Å². The standard InChI is InChI=1S/C18H21N5O2/c1-3-13(11-4-6-12(7-5-11)17(24)25)10(2)23-9-8-14-15(23)16(19)22-18(20)21-14/h4-10,13H,3H2,1-2H3,(H,24,25)(H4,19,20,21,22). The molecular formula is C18H21N5O2. The molecule has 3 rings (SSSR count). The second-order valence-electron chi connectivity index (χ2n) is 6.11. The number of nitrogens with zero attached hydrogens (tertiary/aromatic N) is 3. The summed E-state index contributed by atoms with van der Waals surface area (Å²) in [6.07, 6.45) is 2.83. The van der Waals surface area contributed by atoms with E-state index in [-0.39, 0.29) is 23.5 Å². The summed E-state index contributed by atoms with van der Waals surface area (Å²) in [5.74, 6) is -0.218. The number of carboxylic acids is 1. The number of carboxylic acid groups (broad SMARTS) is 1. The van der Waals surface area contributed by atoms with Crippen LogP contribution >= 0.6 is 0 Å². The number of nitrogens with two attached hydrogens (primary N) is 2. The third kappa shape index (κ3) is 3.00. The molecule has 7 heteroatoms. The van der Waals surface area contributed by atoms with Crippen LogP contribution in [0.25, 0.3) is 11.0 Å². The Morgan fingerprint density at radius 3 is 2.48 bits per heavy atom. The Kier molecular flexibility index (Phi) is 4.31. The number of nitrogen functional groups attached to an aromatic ring is 2. The fourth-order valence-electron chi connectivity index (χ4n) is 3.38. The molecule has 0 fully saturated rings. The predicted molar refractivity (Wildman–Crippen MR) is 97.5 cm³/mol. The molecule has 2 heterocycles. The van der Waals surface area contributed by atoms with Crippen molar-refractivity contribution in [2.45, 2.75) is 32.2 Å². The fourth-order valence-corrected chi connectivity index (χ4v) is 3.38. The van der Waals surface area contributed by atoms with Crippen molar-refractivity contribution in [3.63, 3.8) is 0 Å². The van der Waals surface area contributed by atoms with Crippen molar-refractivity contribution in [2.24, 2.45) is 0 Å². The topological polar surface area (TPSA) is 120 Å². The summed E-state index contributed by atoms with van der Waals surface area (Å²) in [6.45, 7) is 4.21. The average molecular weight is 339 g/mol. The van der Waals surface area contributed by atoms with Crippen molar-refractivity contribution in [1.29, 1.82) is 0 Å². The van der Waals surface area contributed by atoms with Crippen LogP contribution in [-0.4, -0.2) is 25.6 Å². The molecule has 0 spiro atoms. The molecule has 0 amide bonds. The van der Waals surface area contributed by atoms with E-state index in [0.717, 1.165) is 17.5 Å². The van der Waals surface area contributed by atoms with Crippen LogP contribution in [0, 0.1) is 0 Å². The van der Waals surface area contributed by atoms with Crippen molar-refractivity contribution in [2.75, 3.05) is 11.5 Å². The van der Waals surface area contributed by atoms with Gasteiger partial charge in [0.2, 0.25) is 5.95 Å². The molecular weight excluding hydrogens is 318 g/mol. The van der Waals surface area contributed by atoms with Gasteiger partial charge in [0.15, 0.2) is 5.82 Å². The summed E-state index contributed by atoms with van der Waals surface area (Å²) in [5.41, 5.74) is 14.6. The Bertz CT molecular complexity index is 917. The van der Waals surface area contributed by atoms with Gasteiger partial charge in [-0.3, -0.25) is 0 Å². The third-order valence-electron chi connectivity index (χ3n) is 4.65. The van der Waals surface area contributed by atoms with Crippen LogP contribution in [0.15, 0.2) is 36.5 Å². The number of fused-ring (bicyclic) bond motifs is 1. The maximum Gasteiger partial charge on any atom is 0.335 e. The van der Waals surface area contributed by atoms with Crippen molar-refractivity contribution in [1.82, 2.24) is 14.5 Å². The number of hydrogen-bond acceptors (Lipinski definition) is 5. The predicted octanol–water partition coefficient (Wildman–Crippen LogP) is 3.05. The highest BCUT2D eigenvalue weighted by molar-refractivity contribution is 5.87. The smallest absolute Gasteiger partial charge is 0.335 e. The average Bonchev–Trinajstić information content (AvgIpc) is 3.00. The zero-order valence-electron chi connectivity index (χ0n) is 14.2. The first kappa shape index (κ1) is 16.8. The molecule has 3 aromatic rings. The maximum atomic E-state index is 11.0. The van der Waals surface area contributed by atoms with Gasteiger partial charge in [0.25, 0.3) is 0 Å². The molecule has 2 unspecified atom stereocenters. The SMILES string of the molecule is CCC(c1ccc(C(=O)O)cc1)C(C)n1ccc2nc(N)nc(N)c21. The number of aromatic nitrogens is 3. The van der Waals surface area contributed by atoms with Gasteiger partial charge >= 0.3 is 5.97 Å². The Morgan fingerprint density at radius 1 is 1.20 bits per heavy atom. The molecule has 0 aliphatic rings. The fraction of sp³-hybridized carbons (Fsp3) is 0.278. The number of hydrogen-bond donors (Lipinski definition) is 3. The summed E-state index contributed by atoms with van der Waals surface area (Å²) in [4.78, 5) is 19.3. The van der Waals surface area contributed by atoms with Crippen molar-refractivity contribution in [3.8, 4) is 0 Å². The van der Waals surface area contributed by atoms with Crippen LogP contribution in [0.4, 0.5) is 11.8 Å². The molecule has 0 aliphatic carbocycles. The second-order valence-corrected chi connectivity index (χ2v) is 6.11. The monoisotopic (exact) mass is 339 g/mol. The summed E-state index contributed by atoms with van der Waals surface area (Å²) in [6, 6.07) is 8.99. The lowest BCUT2D eigenvalue weighted by molar-refractivity contribution is 0.0697. The molecule has 0 saturated heterocycles. The van der Waals surface area contributed by atoms with Crippen LogP contribution in [0.1, 0.15) is 48.1 Å². The van der Waals surface area contributed by atoms with E-state index in [1.165, 1.54) is 0 Å². The van der Waals surface area contributed by atoms with E-state index in [0.29, 0.717) is 11.3 Å². The van der Waals surface area contributed by atoms with Crippen LogP contribution < -0.4 is 11.5 Å². The van der Waals surface area contributed by atoms with E-state index in [1.54, 1.807) is 12.1 Å². The van der Waals surface area contributed by atoms with E-state index in [2.05, 4.69) is 28.4 Å². The molecule has 0 bridgehead atoms. The lowest BCUT2D eigenvalue weighted by Gasteiger charge is -2.26. The molecule has 5 N–H and O–H groups in total. The highest BCUT2D eigenvalue weighted by atomic mass is 16.4. The van der Waals surface area contributed by atoms with E-state index >= 15 is 0 Å². The molecule has 0 aliphatic heterocycles. The Morgan fingerprint density at radius 2 is 1.88 bits per heavy atom. The molecule has 0 saturated carbocycles. The molecule has 2 atom stereocenters. The molecule has 130 valence electrons. The van der Waals surface area contributed by atoms with Crippen molar-refractivity contribution >= 4 is 28.8 Å². The van der Waals surface area contributed by atoms with Gasteiger partial charge in [-0.1, -0.05) is 19.1 Å². The van der Waals surface area contributed by atoms with Gasteiger partial charge in [0.1, 0.15) is 5.52 Å².